The number of aryl methyl sites for hydroxylation is 1. The average Bonchev–Trinajstić information content (AvgIpc) is 3.39. The molecule has 28 heavy (non-hydrogen) atoms. The highest BCUT2D eigenvalue weighted by Crippen LogP contribution is 2.21. The smallest absolute Gasteiger partial charge is 0.254 e. The first kappa shape index (κ1) is 18.6. The van der Waals surface area contributed by atoms with Crippen LogP contribution in [0.3, 0.4) is 0 Å². The summed E-state index contributed by atoms with van der Waals surface area (Å²) in [6.45, 7) is 5.96. The molecule has 4 rings (SSSR count). The van der Waals surface area contributed by atoms with Crippen LogP contribution in [0, 0.1) is 0 Å². The predicted octanol–water partition coefficient (Wildman–Crippen LogP) is 3.17. The normalized spacial score (nSPS) is 14.6. The van der Waals surface area contributed by atoms with Crippen molar-refractivity contribution in [2.24, 2.45) is 0 Å². The zero-order valence-electron chi connectivity index (χ0n) is 16.4. The third kappa shape index (κ3) is 3.92. The highest BCUT2D eigenvalue weighted by atomic mass is 16.1. The molecule has 3 aromatic rings. The molecule has 1 amide bonds. The zero-order chi connectivity index (χ0) is 19.3. The number of rotatable bonds is 7. The molecular weight excluding hydrogens is 350 g/mol. The number of nitrogens with one attached hydrogen (secondary N) is 1. The molecule has 6 nitrogen and oxygen atoms in total. The van der Waals surface area contributed by atoms with Crippen LogP contribution in [0.1, 0.15) is 42.2 Å². The highest BCUT2D eigenvalue weighted by molar-refractivity contribution is 5.95. The van der Waals surface area contributed by atoms with Gasteiger partial charge in [-0.2, -0.15) is 5.10 Å². The molecule has 1 saturated heterocycles. The van der Waals surface area contributed by atoms with Crippen molar-refractivity contribution in [2.45, 2.75) is 32.6 Å². The van der Waals surface area contributed by atoms with Gasteiger partial charge in [-0.3, -0.25) is 4.79 Å². The number of nitrogens with zero attached hydrogens (tertiary/aromatic N) is 4. The van der Waals surface area contributed by atoms with Crippen LogP contribution in [0.5, 0.6) is 0 Å². The lowest BCUT2D eigenvalue weighted by Gasteiger charge is -2.15. The summed E-state index contributed by atoms with van der Waals surface area (Å²) >= 11 is 0. The number of aromatic nitrogens is 3. The summed E-state index contributed by atoms with van der Waals surface area (Å²) in [6, 6.07) is 12.0. The number of hydrogen-bond acceptors (Lipinski definition) is 4. The van der Waals surface area contributed by atoms with E-state index >= 15 is 0 Å². The number of fused-ring (bicyclic) bond motifs is 1. The van der Waals surface area contributed by atoms with Gasteiger partial charge in [-0.15, -0.1) is 0 Å². The van der Waals surface area contributed by atoms with Gasteiger partial charge in [0.2, 0.25) is 0 Å². The number of benzene rings is 1. The van der Waals surface area contributed by atoms with E-state index in [0.717, 1.165) is 55.1 Å². The van der Waals surface area contributed by atoms with E-state index in [-0.39, 0.29) is 5.91 Å². The molecule has 0 aliphatic carbocycles. The first-order valence-electron chi connectivity index (χ1n) is 10.2. The van der Waals surface area contributed by atoms with E-state index in [0.29, 0.717) is 12.1 Å². The Kier molecular flexibility index (Phi) is 5.67. The molecule has 3 heterocycles. The van der Waals surface area contributed by atoms with E-state index in [1.54, 1.807) is 6.20 Å². The summed E-state index contributed by atoms with van der Waals surface area (Å²) in [4.78, 5) is 19.7. The number of carbonyl (C=O) groups is 1. The maximum Gasteiger partial charge on any atom is 0.254 e. The maximum absolute atomic E-state index is 12.8. The lowest BCUT2D eigenvalue weighted by Crippen LogP contribution is -2.34. The Morgan fingerprint density at radius 3 is 2.71 bits per heavy atom. The van der Waals surface area contributed by atoms with E-state index in [4.69, 9.17) is 5.10 Å². The Balaban J connectivity index is 1.58. The van der Waals surface area contributed by atoms with Crippen LogP contribution >= 0.6 is 0 Å². The highest BCUT2D eigenvalue weighted by Gasteiger charge is 2.18. The molecule has 1 aliphatic rings. The molecule has 1 N–H and O–H groups in total. The van der Waals surface area contributed by atoms with Gasteiger partial charge in [-0.25, -0.2) is 9.50 Å². The lowest BCUT2D eigenvalue weighted by molar-refractivity contribution is 0.0947. The molecule has 2 aromatic heterocycles. The largest absolute Gasteiger partial charge is 0.351 e. The summed E-state index contributed by atoms with van der Waals surface area (Å²) in [5.74, 6) is -0.0613. The minimum atomic E-state index is -0.0613. The van der Waals surface area contributed by atoms with E-state index in [2.05, 4.69) is 22.1 Å². The Labute approximate surface area is 165 Å². The van der Waals surface area contributed by atoms with Gasteiger partial charge in [-0.05, 0) is 32.4 Å². The molecular formula is C22H27N5O. The number of carbonyl (C=O) groups excluding carboxylic acids is 1. The standard InChI is InChI=1S/C22H27N5O/c1-2-8-20-18(22(28)23-11-14-26-12-6-7-13-26)16-24-21-15-19(25-27(20)21)17-9-4-3-5-10-17/h3-5,9-10,15-16H,2,6-8,11-14H2,1H3,(H,23,28). The van der Waals surface area contributed by atoms with Crippen LogP contribution in [0.25, 0.3) is 16.9 Å². The molecule has 146 valence electrons. The van der Waals surface area contributed by atoms with Crippen molar-refractivity contribution in [2.75, 3.05) is 26.2 Å². The molecule has 0 bridgehead atoms. The molecule has 0 spiro atoms. The van der Waals surface area contributed by atoms with Gasteiger partial charge in [0.15, 0.2) is 5.65 Å². The Bertz CT molecular complexity index is 944. The van der Waals surface area contributed by atoms with Gasteiger partial charge < -0.3 is 10.2 Å². The van der Waals surface area contributed by atoms with Crippen LogP contribution in [0.4, 0.5) is 0 Å². The summed E-state index contributed by atoms with van der Waals surface area (Å²) < 4.78 is 1.83. The SMILES string of the molecule is CCCc1c(C(=O)NCCN2CCCC2)cnc2cc(-c3ccccc3)nn12. The van der Waals surface area contributed by atoms with Crippen LogP contribution in [-0.4, -0.2) is 51.6 Å². The summed E-state index contributed by atoms with van der Waals surface area (Å²) in [5.41, 5.74) is 4.24. The summed E-state index contributed by atoms with van der Waals surface area (Å²) in [5, 5.41) is 7.82. The van der Waals surface area contributed by atoms with Gasteiger partial charge in [0.05, 0.1) is 17.0 Å². The van der Waals surface area contributed by atoms with Crippen LogP contribution in [0.15, 0.2) is 42.6 Å². The minimum absolute atomic E-state index is 0.0613. The third-order valence-electron chi connectivity index (χ3n) is 5.30. The van der Waals surface area contributed by atoms with Crippen molar-refractivity contribution in [1.82, 2.24) is 24.8 Å². The Morgan fingerprint density at radius 2 is 1.96 bits per heavy atom. The van der Waals surface area contributed by atoms with Gasteiger partial charge in [0.25, 0.3) is 5.91 Å². The number of amides is 1. The van der Waals surface area contributed by atoms with E-state index in [1.807, 2.05) is 40.9 Å². The average molecular weight is 377 g/mol. The number of likely N-dealkylation sites (tertiary alicyclic amines) is 1. The van der Waals surface area contributed by atoms with Crippen molar-refractivity contribution in [3.63, 3.8) is 0 Å². The Hall–Kier alpha value is -2.73. The van der Waals surface area contributed by atoms with E-state index in [1.165, 1.54) is 12.8 Å². The van der Waals surface area contributed by atoms with Crippen LogP contribution in [0.2, 0.25) is 0 Å². The molecule has 1 fully saturated rings. The second-order valence-electron chi connectivity index (χ2n) is 7.34. The second kappa shape index (κ2) is 8.52. The maximum atomic E-state index is 12.8. The molecule has 0 unspecified atom stereocenters. The monoisotopic (exact) mass is 377 g/mol. The summed E-state index contributed by atoms with van der Waals surface area (Å²) in [7, 11) is 0. The quantitative estimate of drug-likeness (QED) is 0.687. The molecule has 6 heteroatoms. The fourth-order valence-corrected chi connectivity index (χ4v) is 3.83. The fraction of sp³-hybridized carbons (Fsp3) is 0.409. The molecule has 0 saturated carbocycles. The van der Waals surface area contributed by atoms with Crippen molar-refractivity contribution >= 4 is 11.6 Å². The molecule has 1 aliphatic heterocycles. The topological polar surface area (TPSA) is 62.5 Å². The zero-order valence-corrected chi connectivity index (χ0v) is 16.4. The van der Waals surface area contributed by atoms with Crippen LogP contribution in [-0.2, 0) is 6.42 Å². The van der Waals surface area contributed by atoms with E-state index < -0.39 is 0 Å². The van der Waals surface area contributed by atoms with Crippen molar-refractivity contribution in [1.29, 1.82) is 0 Å². The lowest BCUT2D eigenvalue weighted by atomic mass is 10.1. The van der Waals surface area contributed by atoms with E-state index in [9.17, 15) is 4.79 Å². The van der Waals surface area contributed by atoms with Crippen LogP contribution < -0.4 is 5.32 Å². The van der Waals surface area contributed by atoms with Gasteiger partial charge in [0, 0.05) is 30.9 Å². The van der Waals surface area contributed by atoms with Gasteiger partial charge in [-0.1, -0.05) is 43.7 Å². The Morgan fingerprint density at radius 1 is 1.18 bits per heavy atom. The molecule has 1 aromatic carbocycles. The first-order valence-corrected chi connectivity index (χ1v) is 10.2. The molecule has 0 atom stereocenters. The van der Waals surface area contributed by atoms with Crippen molar-refractivity contribution in [3.05, 3.63) is 53.9 Å². The van der Waals surface area contributed by atoms with Gasteiger partial charge in [0.1, 0.15) is 0 Å². The fourth-order valence-electron chi connectivity index (χ4n) is 3.83. The predicted molar refractivity (Wildman–Crippen MR) is 110 cm³/mol. The first-order chi connectivity index (χ1) is 13.8. The van der Waals surface area contributed by atoms with Crippen molar-refractivity contribution in [3.8, 4) is 11.3 Å². The summed E-state index contributed by atoms with van der Waals surface area (Å²) in [6.07, 6.45) is 5.94. The van der Waals surface area contributed by atoms with Crippen molar-refractivity contribution < 1.29 is 4.79 Å². The number of hydrogen-bond donors (Lipinski definition) is 1. The molecule has 0 radical (unpaired) electrons. The minimum Gasteiger partial charge on any atom is -0.351 e. The van der Waals surface area contributed by atoms with Gasteiger partial charge >= 0.3 is 0 Å². The second-order valence-corrected chi connectivity index (χ2v) is 7.34. The third-order valence-corrected chi connectivity index (χ3v) is 5.30.